The summed E-state index contributed by atoms with van der Waals surface area (Å²) in [7, 11) is 0. The minimum atomic E-state index is -0.515. The lowest BCUT2D eigenvalue weighted by Crippen LogP contribution is -2.40. The molecule has 10 heteroatoms. The van der Waals surface area contributed by atoms with Crippen molar-refractivity contribution in [2.45, 2.75) is 13.1 Å². The molecular formula is C19H23N5O5. The molecule has 1 amide bonds. The van der Waals surface area contributed by atoms with Gasteiger partial charge in [0.2, 0.25) is 0 Å². The molecule has 3 heterocycles. The largest absolute Gasteiger partial charge is 0.444 e. The molecule has 1 fully saturated rings. The Morgan fingerprint density at radius 1 is 1.07 bits per heavy atom. The molecule has 1 saturated heterocycles. The first-order chi connectivity index (χ1) is 14.1. The van der Waals surface area contributed by atoms with Crippen molar-refractivity contribution in [3.05, 3.63) is 51.7 Å². The van der Waals surface area contributed by atoms with E-state index in [4.69, 9.17) is 9.47 Å². The van der Waals surface area contributed by atoms with Crippen LogP contribution in [0.1, 0.15) is 15.9 Å². The molecule has 4 rings (SSSR count). The molecule has 2 aromatic rings. The van der Waals surface area contributed by atoms with E-state index in [1.807, 2.05) is 29.2 Å². The molecule has 1 aromatic heterocycles. The highest BCUT2D eigenvalue weighted by Crippen LogP contribution is 2.19. The van der Waals surface area contributed by atoms with Gasteiger partial charge in [-0.2, -0.15) is 0 Å². The van der Waals surface area contributed by atoms with Gasteiger partial charge in [0.1, 0.15) is 12.8 Å². The van der Waals surface area contributed by atoms with E-state index in [0.717, 1.165) is 12.1 Å². The van der Waals surface area contributed by atoms with E-state index < -0.39 is 4.92 Å². The molecule has 2 aliphatic heterocycles. The fourth-order valence-electron chi connectivity index (χ4n) is 3.49. The molecule has 2 aliphatic rings. The summed E-state index contributed by atoms with van der Waals surface area (Å²) in [4.78, 5) is 30.9. The number of morpholine rings is 1. The van der Waals surface area contributed by atoms with Crippen LogP contribution in [0, 0.1) is 10.1 Å². The van der Waals surface area contributed by atoms with Gasteiger partial charge in [-0.25, -0.2) is 0 Å². The zero-order valence-corrected chi connectivity index (χ0v) is 16.0. The SMILES string of the molecule is O=C(c1ccc(CN2CCOc3nc([N+](=O)[O-])cn3CC2)cc1)N1CCOCC1. The highest BCUT2D eigenvalue weighted by atomic mass is 16.6. The second kappa shape index (κ2) is 8.58. The number of hydrogen-bond donors (Lipinski definition) is 0. The van der Waals surface area contributed by atoms with Gasteiger partial charge >= 0.3 is 11.8 Å². The Bertz CT molecular complexity index is 876. The number of benzene rings is 1. The molecule has 10 nitrogen and oxygen atoms in total. The Morgan fingerprint density at radius 2 is 1.83 bits per heavy atom. The minimum absolute atomic E-state index is 0.0359. The molecule has 1 aromatic carbocycles. The number of carbonyl (C=O) groups is 1. The number of imidazole rings is 1. The minimum Gasteiger partial charge on any atom is -0.444 e. The van der Waals surface area contributed by atoms with Gasteiger partial charge in [0.05, 0.1) is 13.2 Å². The van der Waals surface area contributed by atoms with Crippen LogP contribution in [-0.4, -0.2) is 76.2 Å². The monoisotopic (exact) mass is 401 g/mol. The van der Waals surface area contributed by atoms with E-state index in [-0.39, 0.29) is 11.7 Å². The molecule has 0 N–H and O–H groups in total. The van der Waals surface area contributed by atoms with Crippen LogP contribution in [0.15, 0.2) is 30.5 Å². The number of nitro groups is 1. The fourth-order valence-corrected chi connectivity index (χ4v) is 3.49. The maximum Gasteiger partial charge on any atom is 0.414 e. The van der Waals surface area contributed by atoms with Crippen molar-refractivity contribution >= 4 is 11.7 Å². The summed E-state index contributed by atoms with van der Waals surface area (Å²) in [6.45, 7) is 5.51. The van der Waals surface area contributed by atoms with Crippen LogP contribution in [-0.2, 0) is 17.8 Å². The van der Waals surface area contributed by atoms with E-state index in [0.29, 0.717) is 64.1 Å². The van der Waals surface area contributed by atoms with Crippen molar-refractivity contribution in [2.75, 3.05) is 46.0 Å². The molecule has 0 aliphatic carbocycles. The lowest BCUT2D eigenvalue weighted by atomic mass is 10.1. The number of nitrogens with zero attached hydrogens (tertiary/aromatic N) is 5. The van der Waals surface area contributed by atoms with E-state index in [2.05, 4.69) is 9.88 Å². The number of carbonyl (C=O) groups excluding carboxylic acids is 1. The van der Waals surface area contributed by atoms with Gasteiger partial charge in [-0.05, 0) is 22.6 Å². The summed E-state index contributed by atoms with van der Waals surface area (Å²) in [5.74, 6) is -0.164. The van der Waals surface area contributed by atoms with Gasteiger partial charge in [0, 0.05) is 49.8 Å². The third-order valence-corrected chi connectivity index (χ3v) is 5.12. The van der Waals surface area contributed by atoms with Crippen LogP contribution >= 0.6 is 0 Å². The standard InChI is InChI=1S/C19H23N5O5/c25-18(22-8-10-28-11-9-22)16-3-1-15(2-4-16)13-21-5-6-23-14-17(24(26)27)20-19(23)29-12-7-21/h1-4,14H,5-13H2. The first-order valence-corrected chi connectivity index (χ1v) is 9.63. The van der Waals surface area contributed by atoms with Crippen molar-refractivity contribution in [3.8, 4) is 6.01 Å². The van der Waals surface area contributed by atoms with Crippen molar-refractivity contribution in [2.24, 2.45) is 0 Å². The highest BCUT2D eigenvalue weighted by molar-refractivity contribution is 5.94. The summed E-state index contributed by atoms with van der Waals surface area (Å²) in [5.41, 5.74) is 1.78. The second-order valence-corrected chi connectivity index (χ2v) is 7.06. The third kappa shape index (κ3) is 4.54. The van der Waals surface area contributed by atoms with Gasteiger partial charge in [0.25, 0.3) is 5.91 Å². The van der Waals surface area contributed by atoms with E-state index in [1.54, 1.807) is 4.57 Å². The quantitative estimate of drug-likeness (QED) is 0.559. The lowest BCUT2D eigenvalue weighted by Gasteiger charge is -2.27. The maximum atomic E-state index is 12.5. The maximum absolute atomic E-state index is 12.5. The Labute approximate surface area is 167 Å². The Morgan fingerprint density at radius 3 is 2.55 bits per heavy atom. The van der Waals surface area contributed by atoms with E-state index in [1.165, 1.54) is 6.20 Å². The summed E-state index contributed by atoms with van der Waals surface area (Å²) >= 11 is 0. The molecular weight excluding hydrogens is 378 g/mol. The fraction of sp³-hybridized carbons (Fsp3) is 0.474. The van der Waals surface area contributed by atoms with Crippen LogP contribution in [0.3, 0.4) is 0 Å². The zero-order chi connectivity index (χ0) is 20.2. The topological polar surface area (TPSA) is 103 Å². The molecule has 0 spiro atoms. The number of ether oxygens (including phenoxy) is 2. The molecule has 0 unspecified atom stereocenters. The summed E-state index contributed by atoms with van der Waals surface area (Å²) in [6.07, 6.45) is 1.41. The first kappa shape index (κ1) is 19.3. The molecule has 0 saturated carbocycles. The third-order valence-electron chi connectivity index (χ3n) is 5.12. The number of amides is 1. The van der Waals surface area contributed by atoms with Gasteiger partial charge in [0.15, 0.2) is 0 Å². The van der Waals surface area contributed by atoms with Gasteiger partial charge in [-0.1, -0.05) is 12.1 Å². The predicted octanol–water partition coefficient (Wildman–Crippen LogP) is 1.16. The molecule has 0 bridgehead atoms. The second-order valence-electron chi connectivity index (χ2n) is 7.06. The van der Waals surface area contributed by atoms with E-state index in [9.17, 15) is 14.9 Å². The van der Waals surface area contributed by atoms with Crippen molar-refractivity contribution in [1.82, 2.24) is 19.4 Å². The summed E-state index contributed by atoms with van der Waals surface area (Å²) in [6, 6.07) is 7.97. The highest BCUT2D eigenvalue weighted by Gasteiger charge is 2.23. The Hall–Kier alpha value is -2.98. The van der Waals surface area contributed by atoms with Crippen molar-refractivity contribution in [1.29, 1.82) is 0 Å². The normalized spacial score (nSPS) is 17.7. The van der Waals surface area contributed by atoms with Crippen LogP contribution in [0.25, 0.3) is 0 Å². The Balaban J connectivity index is 1.36. The van der Waals surface area contributed by atoms with Crippen LogP contribution in [0.5, 0.6) is 6.01 Å². The smallest absolute Gasteiger partial charge is 0.414 e. The molecule has 29 heavy (non-hydrogen) atoms. The van der Waals surface area contributed by atoms with Crippen molar-refractivity contribution in [3.63, 3.8) is 0 Å². The summed E-state index contributed by atoms with van der Waals surface area (Å²) in [5, 5.41) is 10.9. The number of fused-ring (bicyclic) bond motifs is 1. The van der Waals surface area contributed by atoms with Crippen molar-refractivity contribution < 1.29 is 19.2 Å². The van der Waals surface area contributed by atoms with Gasteiger partial charge in [-0.15, -0.1) is 0 Å². The number of aromatic nitrogens is 2. The number of rotatable bonds is 4. The van der Waals surface area contributed by atoms with Gasteiger partial charge in [-0.3, -0.25) is 14.3 Å². The lowest BCUT2D eigenvalue weighted by molar-refractivity contribution is -0.389. The van der Waals surface area contributed by atoms with Gasteiger partial charge < -0.3 is 24.5 Å². The summed E-state index contributed by atoms with van der Waals surface area (Å²) < 4.78 is 12.6. The zero-order valence-electron chi connectivity index (χ0n) is 16.0. The predicted molar refractivity (Wildman–Crippen MR) is 103 cm³/mol. The average Bonchev–Trinajstić information content (AvgIpc) is 3.13. The van der Waals surface area contributed by atoms with E-state index >= 15 is 0 Å². The van der Waals surface area contributed by atoms with Crippen LogP contribution in [0.4, 0.5) is 5.82 Å². The Kier molecular flexibility index (Phi) is 5.72. The number of hydrogen-bond acceptors (Lipinski definition) is 7. The average molecular weight is 401 g/mol. The van der Waals surface area contributed by atoms with Crippen LogP contribution in [0.2, 0.25) is 0 Å². The van der Waals surface area contributed by atoms with Crippen LogP contribution < -0.4 is 4.74 Å². The molecule has 154 valence electrons. The molecule has 0 radical (unpaired) electrons. The first-order valence-electron chi connectivity index (χ1n) is 9.63. The molecule has 0 atom stereocenters.